The molecule has 1 spiro atoms. The summed E-state index contributed by atoms with van der Waals surface area (Å²) in [5, 5.41) is 9.41. The Balaban J connectivity index is 1.54. The number of ether oxygens (including phenoxy) is 1. The standard InChI is InChI=1S/C21H28O4/c1-19-10-18-21(25-18)15(14(19)5-6-16(19)17(24)11-22)4-3-12-9-13(23)7-8-20(12,21)2/h9,14-16,18,22H,3-8,10-11H2,1-2H3/t14-,15-,16+,18+,19-,20-,21-/m0/s1. The number of fused-ring (bicyclic) bond motifs is 3. The maximum Gasteiger partial charge on any atom is 0.161 e. The lowest BCUT2D eigenvalue weighted by atomic mass is 9.46. The number of Topliss-reactive ketones (excluding diaryl/α,β-unsaturated/α-hetero) is 1. The second-order valence-corrected chi connectivity index (χ2v) is 9.58. The maximum atomic E-state index is 12.3. The van der Waals surface area contributed by atoms with Gasteiger partial charge in [-0.3, -0.25) is 9.59 Å². The Hall–Kier alpha value is -1.00. The van der Waals surface area contributed by atoms with Gasteiger partial charge in [-0.2, -0.15) is 0 Å². The van der Waals surface area contributed by atoms with Gasteiger partial charge in [0.2, 0.25) is 0 Å². The van der Waals surface area contributed by atoms with E-state index >= 15 is 0 Å². The van der Waals surface area contributed by atoms with Crippen molar-refractivity contribution in [2.24, 2.45) is 28.6 Å². The molecule has 1 N–H and O–H groups in total. The van der Waals surface area contributed by atoms with Gasteiger partial charge in [0.25, 0.3) is 0 Å². The first-order valence-corrected chi connectivity index (χ1v) is 9.92. The smallest absolute Gasteiger partial charge is 0.161 e. The van der Waals surface area contributed by atoms with Crippen LogP contribution in [0.1, 0.15) is 58.8 Å². The second kappa shape index (κ2) is 4.83. The molecule has 3 saturated carbocycles. The van der Waals surface area contributed by atoms with Gasteiger partial charge in [-0.05, 0) is 61.9 Å². The van der Waals surface area contributed by atoms with Crippen LogP contribution in [0.25, 0.3) is 0 Å². The molecule has 1 heterocycles. The fraction of sp³-hybridized carbons (Fsp3) is 0.810. The summed E-state index contributed by atoms with van der Waals surface area (Å²) in [6.07, 6.45) is 8.66. The van der Waals surface area contributed by atoms with Crippen LogP contribution in [-0.4, -0.2) is 35.0 Å². The summed E-state index contributed by atoms with van der Waals surface area (Å²) in [5.74, 6) is 1.27. The fourth-order valence-electron chi connectivity index (χ4n) is 7.65. The minimum absolute atomic E-state index is 0.00506. The van der Waals surface area contributed by atoms with E-state index in [9.17, 15) is 14.7 Å². The summed E-state index contributed by atoms with van der Waals surface area (Å²) in [6, 6.07) is 0. The molecule has 4 nitrogen and oxygen atoms in total. The van der Waals surface area contributed by atoms with E-state index in [-0.39, 0.29) is 46.6 Å². The Labute approximate surface area is 149 Å². The number of rotatable bonds is 2. The average Bonchev–Trinajstić information content (AvgIpc) is 3.20. The highest BCUT2D eigenvalue weighted by Crippen LogP contribution is 2.75. The Bertz CT molecular complexity index is 696. The van der Waals surface area contributed by atoms with Gasteiger partial charge in [-0.1, -0.05) is 19.4 Å². The number of carbonyl (C=O) groups is 2. The van der Waals surface area contributed by atoms with E-state index in [0.717, 1.165) is 38.5 Å². The van der Waals surface area contributed by atoms with E-state index < -0.39 is 0 Å². The molecule has 7 atom stereocenters. The van der Waals surface area contributed by atoms with E-state index in [4.69, 9.17) is 4.74 Å². The molecular weight excluding hydrogens is 316 g/mol. The van der Waals surface area contributed by atoms with E-state index in [1.165, 1.54) is 5.57 Å². The summed E-state index contributed by atoms with van der Waals surface area (Å²) in [4.78, 5) is 24.3. The molecule has 0 radical (unpaired) electrons. The Morgan fingerprint density at radius 1 is 1.24 bits per heavy atom. The molecule has 0 unspecified atom stereocenters. The molecular formula is C21H28O4. The first kappa shape index (κ1) is 16.2. The zero-order valence-corrected chi connectivity index (χ0v) is 15.2. The highest BCUT2D eigenvalue weighted by Gasteiger charge is 2.79. The molecule has 25 heavy (non-hydrogen) atoms. The molecule has 4 heteroatoms. The lowest BCUT2D eigenvalue weighted by Crippen LogP contribution is -2.57. The molecule has 1 saturated heterocycles. The molecule has 0 aromatic carbocycles. The molecule has 136 valence electrons. The van der Waals surface area contributed by atoms with Crippen molar-refractivity contribution < 1.29 is 19.4 Å². The SMILES string of the molecule is C[C@]12C[C@H]3O[C@@]34[C@@H](CCC3=CC(=O)CC[C@@]34C)[C@@H]1CC[C@@H]2C(=O)CO. The van der Waals surface area contributed by atoms with Gasteiger partial charge in [0, 0.05) is 17.8 Å². The zero-order chi connectivity index (χ0) is 17.6. The van der Waals surface area contributed by atoms with Crippen LogP contribution < -0.4 is 0 Å². The van der Waals surface area contributed by atoms with E-state index in [1.54, 1.807) is 0 Å². The van der Waals surface area contributed by atoms with Crippen molar-refractivity contribution in [3.63, 3.8) is 0 Å². The normalized spacial score (nSPS) is 53.2. The van der Waals surface area contributed by atoms with Crippen LogP contribution >= 0.6 is 0 Å². The Morgan fingerprint density at radius 3 is 2.80 bits per heavy atom. The topological polar surface area (TPSA) is 66.9 Å². The molecule has 0 bridgehead atoms. The van der Waals surface area contributed by atoms with Crippen LogP contribution in [-0.2, 0) is 14.3 Å². The fourth-order valence-corrected chi connectivity index (χ4v) is 7.65. The molecule has 5 aliphatic rings. The number of aliphatic hydroxyl groups is 1. The minimum atomic E-state index is -0.332. The molecule has 4 fully saturated rings. The van der Waals surface area contributed by atoms with Crippen molar-refractivity contribution in [3.8, 4) is 0 Å². The first-order chi connectivity index (χ1) is 11.9. The number of epoxide rings is 1. The third kappa shape index (κ3) is 1.76. The molecule has 0 amide bonds. The molecule has 4 aliphatic carbocycles. The van der Waals surface area contributed by atoms with Crippen molar-refractivity contribution in [2.75, 3.05) is 6.61 Å². The highest BCUT2D eigenvalue weighted by molar-refractivity contribution is 5.92. The van der Waals surface area contributed by atoms with Crippen molar-refractivity contribution in [1.82, 2.24) is 0 Å². The number of ketones is 2. The van der Waals surface area contributed by atoms with Crippen LogP contribution in [0, 0.1) is 28.6 Å². The number of aliphatic hydroxyl groups excluding tert-OH is 1. The van der Waals surface area contributed by atoms with Gasteiger partial charge in [-0.25, -0.2) is 0 Å². The van der Waals surface area contributed by atoms with Gasteiger partial charge in [-0.15, -0.1) is 0 Å². The van der Waals surface area contributed by atoms with Crippen molar-refractivity contribution >= 4 is 11.6 Å². The van der Waals surface area contributed by atoms with E-state index in [1.807, 2.05) is 6.08 Å². The minimum Gasteiger partial charge on any atom is -0.389 e. The molecule has 5 rings (SSSR count). The molecule has 0 aromatic heterocycles. The van der Waals surface area contributed by atoms with Crippen LogP contribution in [0.3, 0.4) is 0 Å². The molecule has 0 aromatic rings. The Morgan fingerprint density at radius 2 is 2.04 bits per heavy atom. The maximum absolute atomic E-state index is 12.3. The second-order valence-electron chi connectivity index (χ2n) is 9.58. The lowest BCUT2D eigenvalue weighted by Gasteiger charge is -2.55. The van der Waals surface area contributed by atoms with Crippen molar-refractivity contribution in [2.45, 2.75) is 70.5 Å². The number of hydrogen-bond donors (Lipinski definition) is 1. The largest absolute Gasteiger partial charge is 0.389 e. The van der Waals surface area contributed by atoms with E-state index in [0.29, 0.717) is 18.3 Å². The van der Waals surface area contributed by atoms with Gasteiger partial charge in [0.05, 0.1) is 6.10 Å². The first-order valence-electron chi connectivity index (χ1n) is 9.92. The highest BCUT2D eigenvalue weighted by atomic mass is 16.6. The van der Waals surface area contributed by atoms with Crippen LogP contribution in [0.15, 0.2) is 11.6 Å². The van der Waals surface area contributed by atoms with Crippen molar-refractivity contribution in [3.05, 3.63) is 11.6 Å². The lowest BCUT2D eigenvalue weighted by molar-refractivity contribution is -0.131. The monoisotopic (exact) mass is 344 g/mol. The quantitative estimate of drug-likeness (QED) is 0.782. The summed E-state index contributed by atoms with van der Waals surface area (Å²) in [7, 11) is 0. The molecule has 1 aliphatic heterocycles. The van der Waals surface area contributed by atoms with Gasteiger partial charge < -0.3 is 9.84 Å². The predicted molar refractivity (Wildman–Crippen MR) is 91.8 cm³/mol. The third-order valence-electron chi connectivity index (χ3n) is 8.88. The van der Waals surface area contributed by atoms with Crippen LogP contribution in [0.4, 0.5) is 0 Å². The summed E-state index contributed by atoms with van der Waals surface area (Å²) < 4.78 is 6.51. The summed E-state index contributed by atoms with van der Waals surface area (Å²) in [5.41, 5.74) is 1.18. The number of hydrogen-bond acceptors (Lipinski definition) is 4. The number of carbonyl (C=O) groups excluding carboxylic acids is 2. The van der Waals surface area contributed by atoms with Gasteiger partial charge >= 0.3 is 0 Å². The summed E-state index contributed by atoms with van der Waals surface area (Å²) >= 11 is 0. The third-order valence-corrected chi connectivity index (χ3v) is 8.88. The average molecular weight is 344 g/mol. The van der Waals surface area contributed by atoms with Crippen LogP contribution in [0.2, 0.25) is 0 Å². The predicted octanol–water partition coefficient (Wildman–Crippen LogP) is 2.83. The van der Waals surface area contributed by atoms with E-state index in [2.05, 4.69) is 13.8 Å². The Kier molecular flexibility index (Phi) is 3.13. The van der Waals surface area contributed by atoms with Crippen molar-refractivity contribution in [1.29, 1.82) is 0 Å². The van der Waals surface area contributed by atoms with Gasteiger partial charge in [0.1, 0.15) is 12.2 Å². The summed E-state index contributed by atoms with van der Waals surface area (Å²) in [6.45, 7) is 4.26. The van der Waals surface area contributed by atoms with Gasteiger partial charge in [0.15, 0.2) is 11.6 Å². The van der Waals surface area contributed by atoms with Crippen LogP contribution in [0.5, 0.6) is 0 Å². The zero-order valence-electron chi connectivity index (χ0n) is 15.2.